The number of hydrogen-bond acceptors (Lipinski definition) is 4. The van der Waals surface area contributed by atoms with Crippen molar-refractivity contribution in [3.8, 4) is 5.75 Å². The van der Waals surface area contributed by atoms with E-state index in [2.05, 4.69) is 15.3 Å². The molecule has 104 valence electrons. The summed E-state index contributed by atoms with van der Waals surface area (Å²) in [6.07, 6.45) is 3.24. The lowest BCUT2D eigenvalue weighted by atomic mass is 10.2. The molecule has 0 unspecified atom stereocenters. The predicted octanol–water partition coefficient (Wildman–Crippen LogP) is 2.66. The van der Waals surface area contributed by atoms with E-state index in [1.54, 1.807) is 19.4 Å². The van der Waals surface area contributed by atoms with Gasteiger partial charge in [-0.3, -0.25) is 4.79 Å². The molecular weight excluding hydrogens is 254 g/mol. The molecule has 0 spiro atoms. The zero-order chi connectivity index (χ0) is 14.7. The Morgan fingerprint density at radius 3 is 2.45 bits per heavy atom. The number of pyridine rings is 2. The first-order valence-corrected chi connectivity index (χ1v) is 6.26. The molecule has 5 heteroatoms. The molecule has 0 aromatic carbocycles. The van der Waals surface area contributed by atoms with Crippen LogP contribution in [-0.2, 0) is 0 Å². The normalized spacial score (nSPS) is 10.2. The Morgan fingerprint density at radius 1 is 1.10 bits per heavy atom. The van der Waals surface area contributed by atoms with Gasteiger partial charge in [-0.05, 0) is 43.5 Å². The molecule has 1 amide bonds. The average molecular weight is 271 g/mol. The van der Waals surface area contributed by atoms with Crippen molar-refractivity contribution >= 4 is 11.7 Å². The standard InChI is InChI=1S/C15H17N3O2/c1-9-5-11(3)14(17-7-9)18-15(19)13-10(2)6-12(20-4)8-16-13/h5-8H,1-4H3,(H,17,18,19). The van der Waals surface area contributed by atoms with E-state index in [0.717, 1.165) is 16.7 Å². The minimum absolute atomic E-state index is 0.274. The van der Waals surface area contributed by atoms with Crippen LogP contribution in [0.15, 0.2) is 24.5 Å². The van der Waals surface area contributed by atoms with Gasteiger partial charge in [0.15, 0.2) is 0 Å². The Labute approximate surface area is 118 Å². The molecule has 0 aliphatic rings. The molecule has 0 radical (unpaired) electrons. The Balaban J connectivity index is 2.24. The van der Waals surface area contributed by atoms with Gasteiger partial charge in [0.1, 0.15) is 17.3 Å². The number of nitrogens with one attached hydrogen (secondary N) is 1. The average Bonchev–Trinajstić information content (AvgIpc) is 2.41. The minimum Gasteiger partial charge on any atom is -0.495 e. The smallest absolute Gasteiger partial charge is 0.275 e. The number of rotatable bonds is 3. The molecule has 20 heavy (non-hydrogen) atoms. The number of aromatic nitrogens is 2. The number of anilines is 1. The third kappa shape index (κ3) is 2.93. The van der Waals surface area contributed by atoms with Crippen LogP contribution in [0.25, 0.3) is 0 Å². The lowest BCUT2D eigenvalue weighted by Crippen LogP contribution is -2.17. The van der Waals surface area contributed by atoms with Crippen LogP contribution >= 0.6 is 0 Å². The molecule has 2 heterocycles. The van der Waals surface area contributed by atoms with Crippen LogP contribution < -0.4 is 10.1 Å². The predicted molar refractivity (Wildman–Crippen MR) is 77.2 cm³/mol. The number of aryl methyl sites for hydroxylation is 3. The van der Waals surface area contributed by atoms with Gasteiger partial charge in [0, 0.05) is 6.20 Å². The SMILES string of the molecule is COc1cnc(C(=O)Nc2ncc(C)cc2C)c(C)c1. The third-order valence-corrected chi connectivity index (χ3v) is 2.95. The molecule has 0 fully saturated rings. The van der Waals surface area contributed by atoms with Crippen LogP contribution in [-0.4, -0.2) is 23.0 Å². The third-order valence-electron chi connectivity index (χ3n) is 2.95. The Morgan fingerprint density at radius 2 is 1.85 bits per heavy atom. The molecule has 0 aliphatic carbocycles. The maximum atomic E-state index is 12.2. The largest absolute Gasteiger partial charge is 0.495 e. The number of methoxy groups -OCH3 is 1. The van der Waals surface area contributed by atoms with E-state index in [1.807, 2.05) is 26.8 Å². The molecule has 0 saturated carbocycles. The number of nitrogens with zero attached hydrogens (tertiary/aromatic N) is 2. The molecule has 0 atom stereocenters. The lowest BCUT2D eigenvalue weighted by molar-refractivity contribution is 0.102. The van der Waals surface area contributed by atoms with Crippen LogP contribution in [0.3, 0.4) is 0 Å². The van der Waals surface area contributed by atoms with Crippen LogP contribution in [0.2, 0.25) is 0 Å². The van der Waals surface area contributed by atoms with E-state index in [1.165, 1.54) is 6.20 Å². The highest BCUT2D eigenvalue weighted by Gasteiger charge is 2.13. The number of carbonyl (C=O) groups excluding carboxylic acids is 1. The quantitative estimate of drug-likeness (QED) is 0.932. The highest BCUT2D eigenvalue weighted by molar-refractivity contribution is 6.03. The number of carbonyl (C=O) groups is 1. The van der Waals surface area contributed by atoms with Gasteiger partial charge in [-0.15, -0.1) is 0 Å². The Hall–Kier alpha value is -2.43. The summed E-state index contributed by atoms with van der Waals surface area (Å²) in [4.78, 5) is 20.6. The fraction of sp³-hybridized carbons (Fsp3) is 0.267. The summed E-state index contributed by atoms with van der Waals surface area (Å²) in [5.41, 5.74) is 3.10. The van der Waals surface area contributed by atoms with Crippen molar-refractivity contribution in [1.82, 2.24) is 9.97 Å². The molecule has 0 bridgehead atoms. The fourth-order valence-corrected chi connectivity index (χ4v) is 1.91. The van der Waals surface area contributed by atoms with Gasteiger partial charge in [0.25, 0.3) is 5.91 Å². The first-order valence-electron chi connectivity index (χ1n) is 6.26. The van der Waals surface area contributed by atoms with Gasteiger partial charge in [-0.2, -0.15) is 0 Å². The van der Waals surface area contributed by atoms with Crippen molar-refractivity contribution in [2.24, 2.45) is 0 Å². The summed E-state index contributed by atoms with van der Waals surface area (Å²) >= 11 is 0. The number of hydrogen-bond donors (Lipinski definition) is 1. The van der Waals surface area contributed by atoms with Crippen LogP contribution in [0.5, 0.6) is 5.75 Å². The summed E-state index contributed by atoms with van der Waals surface area (Å²) in [7, 11) is 1.57. The van der Waals surface area contributed by atoms with Gasteiger partial charge in [0.2, 0.25) is 0 Å². The second kappa shape index (κ2) is 5.69. The summed E-state index contributed by atoms with van der Waals surface area (Å²) in [5, 5.41) is 2.78. The van der Waals surface area contributed by atoms with Crippen molar-refractivity contribution in [3.05, 3.63) is 46.9 Å². The second-order valence-electron chi connectivity index (χ2n) is 4.67. The van der Waals surface area contributed by atoms with Crippen molar-refractivity contribution in [1.29, 1.82) is 0 Å². The van der Waals surface area contributed by atoms with E-state index in [9.17, 15) is 4.79 Å². The Kier molecular flexibility index (Phi) is 3.98. The number of ether oxygens (including phenoxy) is 1. The molecule has 0 aliphatic heterocycles. The van der Waals surface area contributed by atoms with Crippen molar-refractivity contribution in [2.75, 3.05) is 12.4 Å². The summed E-state index contributed by atoms with van der Waals surface area (Å²) < 4.78 is 5.07. The lowest BCUT2D eigenvalue weighted by Gasteiger charge is -2.09. The monoisotopic (exact) mass is 271 g/mol. The minimum atomic E-state index is -0.274. The van der Waals surface area contributed by atoms with Crippen molar-refractivity contribution in [3.63, 3.8) is 0 Å². The van der Waals surface area contributed by atoms with Gasteiger partial charge in [-0.1, -0.05) is 6.07 Å². The van der Waals surface area contributed by atoms with E-state index in [0.29, 0.717) is 17.3 Å². The second-order valence-corrected chi connectivity index (χ2v) is 4.67. The highest BCUT2D eigenvalue weighted by Crippen LogP contribution is 2.17. The van der Waals surface area contributed by atoms with Crippen LogP contribution in [0, 0.1) is 20.8 Å². The van der Waals surface area contributed by atoms with Gasteiger partial charge in [0.05, 0.1) is 13.3 Å². The molecule has 1 N–H and O–H groups in total. The maximum absolute atomic E-state index is 12.2. The summed E-state index contributed by atoms with van der Waals surface area (Å²) in [6.45, 7) is 5.69. The molecule has 5 nitrogen and oxygen atoms in total. The van der Waals surface area contributed by atoms with Gasteiger partial charge < -0.3 is 10.1 Å². The number of amides is 1. The summed E-state index contributed by atoms with van der Waals surface area (Å²) in [6, 6.07) is 3.74. The zero-order valence-electron chi connectivity index (χ0n) is 12.0. The van der Waals surface area contributed by atoms with E-state index in [4.69, 9.17) is 4.74 Å². The van der Waals surface area contributed by atoms with E-state index in [-0.39, 0.29) is 5.91 Å². The molecule has 2 aromatic heterocycles. The fourth-order valence-electron chi connectivity index (χ4n) is 1.91. The topological polar surface area (TPSA) is 64.1 Å². The Bertz CT molecular complexity index is 654. The van der Waals surface area contributed by atoms with Crippen molar-refractivity contribution < 1.29 is 9.53 Å². The summed E-state index contributed by atoms with van der Waals surface area (Å²) in [5.74, 6) is 0.908. The van der Waals surface area contributed by atoms with Crippen molar-refractivity contribution in [2.45, 2.75) is 20.8 Å². The van der Waals surface area contributed by atoms with Gasteiger partial charge in [-0.25, -0.2) is 9.97 Å². The first-order chi connectivity index (χ1) is 9.51. The highest BCUT2D eigenvalue weighted by atomic mass is 16.5. The first kappa shape index (κ1) is 14.0. The zero-order valence-corrected chi connectivity index (χ0v) is 12.0. The molecular formula is C15H17N3O2. The molecule has 0 saturated heterocycles. The van der Waals surface area contributed by atoms with Gasteiger partial charge >= 0.3 is 0 Å². The maximum Gasteiger partial charge on any atom is 0.275 e. The van der Waals surface area contributed by atoms with Crippen LogP contribution in [0.4, 0.5) is 5.82 Å². The van der Waals surface area contributed by atoms with Crippen LogP contribution in [0.1, 0.15) is 27.2 Å². The van der Waals surface area contributed by atoms with E-state index < -0.39 is 0 Å². The van der Waals surface area contributed by atoms with E-state index >= 15 is 0 Å². The molecule has 2 aromatic rings. The molecule has 2 rings (SSSR count).